The van der Waals surface area contributed by atoms with Crippen LogP contribution in [0.2, 0.25) is 0 Å². The lowest BCUT2D eigenvalue weighted by Gasteiger charge is -2.26. The molecule has 0 unspecified atom stereocenters. The second kappa shape index (κ2) is 22.0. The quantitative estimate of drug-likeness (QED) is 0.0602. The molecule has 4 rings (SSSR count). The van der Waals surface area contributed by atoms with Gasteiger partial charge in [0.05, 0.1) is 12.0 Å². The summed E-state index contributed by atoms with van der Waals surface area (Å²) in [4.78, 5) is 54.6. The predicted molar refractivity (Wildman–Crippen MR) is 208 cm³/mol. The van der Waals surface area contributed by atoms with Crippen LogP contribution in [-0.2, 0) is 38.4 Å². The number of unbranched alkanes of at least 4 members (excludes halogenated alkanes) is 2. The van der Waals surface area contributed by atoms with Crippen LogP contribution in [-0.4, -0.2) is 48.8 Å². The molecule has 298 valence electrons. The maximum absolute atomic E-state index is 14.0. The van der Waals surface area contributed by atoms with Gasteiger partial charge in [0.15, 0.2) is 0 Å². The number of amides is 4. The van der Waals surface area contributed by atoms with Crippen LogP contribution in [0.3, 0.4) is 0 Å². The van der Waals surface area contributed by atoms with Crippen LogP contribution in [0.15, 0.2) is 109 Å². The molecule has 4 aromatic rings. The number of para-hydroxylation sites is 1. The van der Waals surface area contributed by atoms with E-state index in [1.54, 1.807) is 54.6 Å². The smallest absolute Gasteiger partial charge is 0.416 e. The molecule has 56 heavy (non-hydrogen) atoms. The van der Waals surface area contributed by atoms with Gasteiger partial charge in [-0.2, -0.15) is 13.2 Å². The molecule has 0 aliphatic heterocycles. The number of benzene rings is 4. The molecule has 0 aromatic heterocycles. The summed E-state index contributed by atoms with van der Waals surface area (Å²) in [6.07, 6.45) is -1.58. The van der Waals surface area contributed by atoms with Crippen molar-refractivity contribution in [3.05, 3.63) is 131 Å². The summed E-state index contributed by atoms with van der Waals surface area (Å²) in [5.74, 6) is -1.69. The Balaban J connectivity index is 1.51. The second-order valence-electron chi connectivity index (χ2n) is 13.3. The van der Waals surface area contributed by atoms with E-state index in [1.807, 2.05) is 30.3 Å². The monoisotopic (exact) mass is 774 g/mol. The number of ether oxygens (including phenoxy) is 1. The van der Waals surface area contributed by atoms with Crippen molar-refractivity contribution in [2.24, 2.45) is 11.5 Å². The molecule has 0 aliphatic carbocycles. The number of alkyl halides is 3. The molecule has 3 atom stereocenters. The third-order valence-corrected chi connectivity index (χ3v) is 8.88. The Morgan fingerprint density at radius 3 is 1.73 bits per heavy atom. The molecule has 0 bridgehead atoms. The van der Waals surface area contributed by atoms with Crippen molar-refractivity contribution in [1.29, 1.82) is 0 Å². The molecule has 0 saturated heterocycles. The summed E-state index contributed by atoms with van der Waals surface area (Å²) >= 11 is 0. The molecule has 0 radical (unpaired) electrons. The Bertz CT molecular complexity index is 1830. The van der Waals surface area contributed by atoms with Gasteiger partial charge in [0, 0.05) is 5.69 Å². The third-order valence-electron chi connectivity index (χ3n) is 8.88. The number of hydrogen-bond donors (Lipinski definition) is 6. The Morgan fingerprint density at radius 1 is 0.607 bits per heavy atom. The number of anilines is 1. The summed E-state index contributed by atoms with van der Waals surface area (Å²) in [6, 6.07) is 25.5. The van der Waals surface area contributed by atoms with E-state index in [9.17, 15) is 32.3 Å². The van der Waals surface area contributed by atoms with Gasteiger partial charge < -0.3 is 37.5 Å². The number of carbonyl (C=O) groups is 4. The van der Waals surface area contributed by atoms with Crippen molar-refractivity contribution in [2.45, 2.75) is 75.9 Å². The topological polar surface area (TPSA) is 178 Å². The van der Waals surface area contributed by atoms with Crippen molar-refractivity contribution < 1.29 is 37.1 Å². The van der Waals surface area contributed by atoms with Gasteiger partial charge in [0.1, 0.15) is 30.5 Å². The van der Waals surface area contributed by atoms with Gasteiger partial charge in [-0.25, -0.2) is 0 Å². The molecule has 11 nitrogen and oxygen atoms in total. The number of hydrogen-bond acceptors (Lipinski definition) is 7. The first-order chi connectivity index (χ1) is 27.0. The van der Waals surface area contributed by atoms with Crippen molar-refractivity contribution >= 4 is 29.3 Å². The first-order valence-electron chi connectivity index (χ1n) is 18.6. The predicted octanol–water partition coefficient (Wildman–Crippen LogP) is 5.55. The summed E-state index contributed by atoms with van der Waals surface area (Å²) in [6.45, 7) is 0.778. The minimum absolute atomic E-state index is 0.00372. The molecule has 4 aromatic carbocycles. The minimum Gasteiger partial charge on any atom is -0.489 e. The highest BCUT2D eigenvalue weighted by atomic mass is 19.4. The summed E-state index contributed by atoms with van der Waals surface area (Å²) in [5.41, 5.74) is 12.9. The van der Waals surface area contributed by atoms with E-state index in [2.05, 4.69) is 21.3 Å². The highest BCUT2D eigenvalue weighted by Gasteiger charge is 2.31. The van der Waals surface area contributed by atoms with Gasteiger partial charge in [-0.05, 0) is 105 Å². The Kier molecular flexibility index (Phi) is 16.9. The lowest BCUT2D eigenvalue weighted by molar-refractivity contribution is -0.137. The fraction of sp³-hybridized carbons (Fsp3) is 0.333. The van der Waals surface area contributed by atoms with Gasteiger partial charge in [0.25, 0.3) is 5.91 Å². The van der Waals surface area contributed by atoms with E-state index in [0.29, 0.717) is 67.8 Å². The molecular weight excluding hydrogens is 725 g/mol. The highest BCUT2D eigenvalue weighted by molar-refractivity contribution is 5.99. The number of nitrogens with two attached hydrogens (primary N) is 2. The minimum atomic E-state index is -4.45. The molecule has 8 N–H and O–H groups in total. The number of rotatable bonds is 21. The van der Waals surface area contributed by atoms with Gasteiger partial charge in [-0.15, -0.1) is 0 Å². The van der Waals surface area contributed by atoms with Crippen LogP contribution in [0.25, 0.3) is 0 Å². The fourth-order valence-corrected chi connectivity index (χ4v) is 5.81. The Hall–Kier alpha value is -5.73. The zero-order valence-corrected chi connectivity index (χ0v) is 31.0. The van der Waals surface area contributed by atoms with Gasteiger partial charge in [-0.1, -0.05) is 72.8 Å². The second-order valence-corrected chi connectivity index (χ2v) is 13.3. The van der Waals surface area contributed by atoms with Crippen molar-refractivity contribution in [3.63, 3.8) is 0 Å². The van der Waals surface area contributed by atoms with Crippen LogP contribution in [0, 0.1) is 0 Å². The number of carbonyl (C=O) groups excluding carboxylic acids is 4. The van der Waals surface area contributed by atoms with Crippen LogP contribution in [0.5, 0.6) is 5.75 Å². The molecule has 14 heteroatoms. The van der Waals surface area contributed by atoms with Crippen LogP contribution < -0.4 is 37.5 Å². The maximum Gasteiger partial charge on any atom is 0.416 e. The SMILES string of the molecule is NCCCC[C@H](NC(=O)Cc1ccccc1)C(=O)N[C@@H](CCCCN)C(=O)N[C@H](C(=O)Nc1ccccc1)c1ccc(OCc2ccc(C(F)(F)F)cc2)cc1. The van der Waals surface area contributed by atoms with Crippen LogP contribution >= 0.6 is 0 Å². The maximum atomic E-state index is 14.0. The number of nitrogens with one attached hydrogen (secondary N) is 4. The standard InChI is InChI=1S/C42H49F3N6O5/c43-42(44,45)32-21-17-30(18-22-32)28-56-34-23-19-31(20-24-34)38(41(55)48-33-13-5-2-6-14-33)51-40(54)36(16-8-10-26-47)50-39(53)35(15-7-9-25-46)49-37(52)27-29-11-3-1-4-12-29/h1-6,11-14,17-24,35-36,38H,7-10,15-16,25-28,46-47H2,(H,48,55)(H,49,52)(H,50,53)(H,51,54)/t35-,36-,38-/m0/s1. The summed E-state index contributed by atoms with van der Waals surface area (Å²) < 4.78 is 44.7. The largest absolute Gasteiger partial charge is 0.489 e. The normalized spacial score (nSPS) is 12.8. The Labute approximate surface area is 324 Å². The van der Waals surface area contributed by atoms with Crippen LogP contribution in [0.1, 0.15) is 66.8 Å². The first-order valence-corrected chi connectivity index (χ1v) is 18.6. The lowest BCUT2D eigenvalue weighted by Crippen LogP contribution is -2.54. The van der Waals surface area contributed by atoms with Crippen LogP contribution in [0.4, 0.5) is 18.9 Å². The average Bonchev–Trinajstić information content (AvgIpc) is 3.19. The van der Waals surface area contributed by atoms with Crippen molar-refractivity contribution in [1.82, 2.24) is 16.0 Å². The molecular formula is C42H49F3N6O5. The van der Waals surface area contributed by atoms with E-state index in [4.69, 9.17) is 16.2 Å². The van der Waals surface area contributed by atoms with Crippen molar-refractivity contribution in [2.75, 3.05) is 18.4 Å². The van der Waals surface area contributed by atoms with Gasteiger partial charge in [-0.3, -0.25) is 19.2 Å². The highest BCUT2D eigenvalue weighted by Crippen LogP contribution is 2.29. The molecule has 0 spiro atoms. The lowest BCUT2D eigenvalue weighted by atomic mass is 10.0. The molecule has 0 aliphatic rings. The van der Waals surface area contributed by atoms with E-state index in [1.165, 1.54) is 12.1 Å². The summed E-state index contributed by atoms with van der Waals surface area (Å²) in [7, 11) is 0. The molecule has 4 amide bonds. The van der Waals surface area contributed by atoms with Gasteiger partial charge in [0.2, 0.25) is 17.7 Å². The Morgan fingerprint density at radius 2 is 1.16 bits per heavy atom. The average molecular weight is 775 g/mol. The molecule has 0 fully saturated rings. The first kappa shape index (κ1) is 43.0. The van der Waals surface area contributed by atoms with E-state index >= 15 is 0 Å². The summed E-state index contributed by atoms with van der Waals surface area (Å²) in [5, 5.41) is 11.3. The van der Waals surface area contributed by atoms with E-state index < -0.39 is 47.6 Å². The van der Waals surface area contributed by atoms with Crippen molar-refractivity contribution in [3.8, 4) is 5.75 Å². The third kappa shape index (κ3) is 14.2. The van der Waals surface area contributed by atoms with Gasteiger partial charge >= 0.3 is 6.18 Å². The molecule has 0 heterocycles. The zero-order valence-electron chi connectivity index (χ0n) is 31.0. The fourth-order valence-electron chi connectivity index (χ4n) is 5.81. The van der Waals surface area contributed by atoms with E-state index in [0.717, 1.165) is 17.7 Å². The zero-order chi connectivity index (χ0) is 40.3. The number of halogens is 3. The van der Waals surface area contributed by atoms with E-state index in [-0.39, 0.29) is 25.4 Å². The molecule has 0 saturated carbocycles.